The van der Waals surface area contributed by atoms with Gasteiger partial charge in [-0.15, -0.1) is 11.8 Å². The topological polar surface area (TPSA) is 135 Å². The first-order valence-corrected chi connectivity index (χ1v) is 15.9. The molecule has 1 aromatic rings. The van der Waals surface area contributed by atoms with Crippen LogP contribution in [0.25, 0.3) is 0 Å². The zero-order valence-electron chi connectivity index (χ0n) is 27.9. The van der Waals surface area contributed by atoms with Crippen molar-refractivity contribution in [3.63, 3.8) is 0 Å². The van der Waals surface area contributed by atoms with Gasteiger partial charge in [0.1, 0.15) is 6.04 Å². The van der Waals surface area contributed by atoms with Gasteiger partial charge in [-0.25, -0.2) is 4.79 Å². The summed E-state index contributed by atoms with van der Waals surface area (Å²) in [6.07, 6.45) is 5.44. The maximum atomic E-state index is 12.8. The number of aromatic nitrogens is 1. The Bertz CT molecular complexity index is 1220. The molecule has 2 unspecified atom stereocenters. The molecule has 0 spiro atoms. The van der Waals surface area contributed by atoms with E-state index in [0.29, 0.717) is 6.42 Å². The van der Waals surface area contributed by atoms with Crippen LogP contribution in [0.15, 0.2) is 47.3 Å². The van der Waals surface area contributed by atoms with E-state index in [4.69, 9.17) is 4.74 Å². The van der Waals surface area contributed by atoms with Crippen molar-refractivity contribution in [2.75, 3.05) is 26.0 Å². The number of hydrogen-bond donors (Lipinski definition) is 2. The Morgan fingerprint density at radius 3 is 2.34 bits per heavy atom. The molecule has 244 valence electrons. The van der Waals surface area contributed by atoms with E-state index in [0.717, 1.165) is 28.2 Å². The molecule has 1 aromatic heterocycles. The van der Waals surface area contributed by atoms with Crippen molar-refractivity contribution < 1.29 is 28.7 Å². The van der Waals surface area contributed by atoms with Crippen LogP contribution in [-0.2, 0) is 23.9 Å². The van der Waals surface area contributed by atoms with Crippen molar-refractivity contribution in [3.05, 3.63) is 52.9 Å². The molecule has 1 fully saturated rings. The van der Waals surface area contributed by atoms with Crippen LogP contribution in [0.1, 0.15) is 85.5 Å². The highest BCUT2D eigenvalue weighted by atomic mass is 32.2. The van der Waals surface area contributed by atoms with Gasteiger partial charge in [0.05, 0.1) is 17.9 Å². The molecule has 0 aromatic carbocycles. The molecule has 1 saturated heterocycles. The number of nitrogens with one attached hydrogen (secondary N) is 2. The third kappa shape index (κ3) is 12.3. The van der Waals surface area contributed by atoms with E-state index < -0.39 is 28.6 Å². The van der Waals surface area contributed by atoms with Crippen molar-refractivity contribution in [2.24, 2.45) is 11.3 Å². The maximum absolute atomic E-state index is 12.8. The van der Waals surface area contributed by atoms with Crippen molar-refractivity contribution in [1.29, 1.82) is 0 Å². The molecule has 0 saturated carbocycles. The Morgan fingerprint density at radius 2 is 1.84 bits per heavy atom. The van der Waals surface area contributed by atoms with Crippen LogP contribution >= 0.6 is 11.8 Å². The molecule has 2 rings (SSSR count). The van der Waals surface area contributed by atoms with Crippen LogP contribution in [0.2, 0.25) is 0 Å². The van der Waals surface area contributed by atoms with Gasteiger partial charge in [0.2, 0.25) is 17.7 Å². The number of likely N-dealkylation sites (tertiary alicyclic amines) is 1. The van der Waals surface area contributed by atoms with Crippen LogP contribution in [0.4, 0.5) is 0 Å². The van der Waals surface area contributed by atoms with Crippen LogP contribution in [0.5, 0.6) is 0 Å². The maximum Gasteiger partial charge on any atom is 0.329 e. The van der Waals surface area contributed by atoms with Crippen LogP contribution in [-0.4, -0.2) is 76.7 Å². The van der Waals surface area contributed by atoms with Crippen LogP contribution < -0.4 is 10.6 Å². The van der Waals surface area contributed by atoms with Gasteiger partial charge in [0.15, 0.2) is 0 Å². The lowest BCUT2D eigenvalue weighted by Crippen LogP contribution is -2.44. The molecule has 44 heavy (non-hydrogen) atoms. The first-order valence-electron chi connectivity index (χ1n) is 14.8. The van der Waals surface area contributed by atoms with Gasteiger partial charge in [0, 0.05) is 43.1 Å². The number of pyridine rings is 1. The Kier molecular flexibility index (Phi) is 16.1. The van der Waals surface area contributed by atoms with Gasteiger partial charge >= 0.3 is 5.97 Å². The largest absolute Gasteiger partial charge is 0.467 e. The summed E-state index contributed by atoms with van der Waals surface area (Å²) in [5, 5.41) is 4.71. The lowest BCUT2D eigenvalue weighted by molar-refractivity contribution is -0.142. The van der Waals surface area contributed by atoms with E-state index in [-0.39, 0.29) is 48.5 Å². The van der Waals surface area contributed by atoms with E-state index in [1.807, 2.05) is 33.8 Å². The summed E-state index contributed by atoms with van der Waals surface area (Å²) < 4.78 is 4.78. The Balaban J connectivity index is 0.00000106. The van der Waals surface area contributed by atoms with E-state index in [2.05, 4.69) is 50.2 Å². The average molecular weight is 631 g/mol. The Hall–Kier alpha value is -3.47. The quantitative estimate of drug-likeness (QED) is 0.182. The second-order valence-corrected chi connectivity index (χ2v) is 13.2. The highest BCUT2D eigenvalue weighted by molar-refractivity contribution is 8.00. The first kappa shape index (κ1) is 38.6. The van der Waals surface area contributed by atoms with Gasteiger partial charge in [-0.2, -0.15) is 0 Å². The second kappa shape index (κ2) is 18.4. The molecule has 11 heteroatoms. The average Bonchev–Trinajstić information content (AvgIpc) is 3.25. The fourth-order valence-corrected chi connectivity index (χ4v) is 5.43. The van der Waals surface area contributed by atoms with Gasteiger partial charge in [-0.3, -0.25) is 29.1 Å². The minimum Gasteiger partial charge on any atom is -0.467 e. The lowest BCUT2D eigenvalue weighted by Gasteiger charge is -2.24. The molecule has 2 heterocycles. The number of hydrogen-bond acceptors (Lipinski definition) is 8. The lowest BCUT2D eigenvalue weighted by atomic mass is 9.85. The number of amides is 4. The van der Waals surface area contributed by atoms with Crippen LogP contribution in [0.3, 0.4) is 0 Å². The number of esters is 1. The summed E-state index contributed by atoms with van der Waals surface area (Å²) in [7, 11) is 1.21. The number of nitrogens with zero attached hydrogens (tertiary/aromatic N) is 2. The summed E-state index contributed by atoms with van der Waals surface area (Å²) >= 11 is 1.11. The van der Waals surface area contributed by atoms with Gasteiger partial charge in [-0.05, 0) is 59.1 Å². The molecular weight excluding hydrogens is 580 g/mol. The number of methoxy groups -OCH3 is 1. The zero-order valence-corrected chi connectivity index (χ0v) is 28.7. The summed E-state index contributed by atoms with van der Waals surface area (Å²) in [6.45, 7) is 18.8. The number of allylic oxidation sites excluding steroid dienone is 4. The zero-order chi connectivity index (χ0) is 33.6. The molecule has 0 aliphatic carbocycles. The SMILES string of the molecule is C/C=C(\C)CC(C)(C)C(=O)NCCN1C(=O)CC(SCC(NC(=O)c2cccnc2)C(=O)OC)C1=O.CC(C)=C(C)C(C)C. The highest BCUT2D eigenvalue weighted by Gasteiger charge is 2.39. The molecule has 0 radical (unpaired) electrons. The van der Waals surface area contributed by atoms with Crippen molar-refractivity contribution in [1.82, 2.24) is 20.5 Å². The summed E-state index contributed by atoms with van der Waals surface area (Å²) in [6, 6.07) is 2.15. The Labute approximate surface area is 266 Å². The molecule has 1 aliphatic rings. The van der Waals surface area contributed by atoms with E-state index >= 15 is 0 Å². The standard InChI is InChI=1S/C25H34N4O6S.C8H16/c1-6-16(2)13-25(3,4)24(34)27-10-11-29-20(30)12-19(22(29)32)36-15-18(23(33)35-5)28-21(31)17-8-7-9-26-14-17;1-6(2)8(5)7(3)4/h6-9,14,18-19H,10-13,15H2,1-5H3,(H,27,34)(H,28,31);6H,1-5H3/b16-6+;. The van der Waals surface area contributed by atoms with Crippen molar-refractivity contribution in [2.45, 2.75) is 86.4 Å². The number of imide groups is 1. The minimum atomic E-state index is -1.01. The number of thioether (sulfide) groups is 1. The smallest absolute Gasteiger partial charge is 0.329 e. The monoisotopic (exact) mass is 630 g/mol. The molecule has 10 nitrogen and oxygen atoms in total. The Morgan fingerprint density at radius 1 is 1.18 bits per heavy atom. The first-order chi connectivity index (χ1) is 20.5. The normalized spacial score (nSPS) is 15.8. The molecule has 2 N–H and O–H groups in total. The predicted molar refractivity (Wildman–Crippen MR) is 175 cm³/mol. The molecular formula is C33H50N4O6S. The molecule has 1 aliphatic heterocycles. The summed E-state index contributed by atoms with van der Waals surface area (Å²) in [5.74, 6) is -1.27. The van der Waals surface area contributed by atoms with Crippen molar-refractivity contribution in [3.8, 4) is 0 Å². The fraction of sp³-hybridized carbons (Fsp3) is 0.576. The number of carbonyl (C=O) groups is 5. The van der Waals surface area contributed by atoms with Gasteiger partial charge in [0.25, 0.3) is 5.91 Å². The predicted octanol–water partition coefficient (Wildman–Crippen LogP) is 4.71. The second-order valence-electron chi connectivity index (χ2n) is 12.0. The third-order valence-corrected chi connectivity index (χ3v) is 8.78. The molecule has 2 atom stereocenters. The van der Waals surface area contributed by atoms with Crippen molar-refractivity contribution >= 4 is 41.4 Å². The number of carbonyl (C=O) groups excluding carboxylic acids is 5. The highest BCUT2D eigenvalue weighted by Crippen LogP contribution is 2.27. The van der Waals surface area contributed by atoms with E-state index in [9.17, 15) is 24.0 Å². The fourth-order valence-electron chi connectivity index (χ4n) is 4.26. The van der Waals surface area contributed by atoms with Crippen LogP contribution in [0, 0.1) is 11.3 Å². The number of ether oxygens (including phenoxy) is 1. The summed E-state index contributed by atoms with van der Waals surface area (Å²) in [5.41, 5.74) is 3.74. The minimum absolute atomic E-state index is 0.0200. The van der Waals surface area contributed by atoms with Gasteiger partial charge in [-0.1, -0.05) is 50.5 Å². The molecule has 0 bridgehead atoms. The molecule has 4 amide bonds. The number of rotatable bonds is 13. The van der Waals surface area contributed by atoms with E-state index in [1.54, 1.807) is 12.1 Å². The van der Waals surface area contributed by atoms with Gasteiger partial charge < -0.3 is 15.4 Å². The third-order valence-electron chi connectivity index (χ3n) is 7.49. The van der Waals surface area contributed by atoms with E-state index in [1.165, 1.54) is 30.6 Å². The summed E-state index contributed by atoms with van der Waals surface area (Å²) in [4.78, 5) is 67.5.